The summed E-state index contributed by atoms with van der Waals surface area (Å²) < 4.78 is 30.9. The molecule has 110 valence electrons. The Morgan fingerprint density at radius 1 is 1.25 bits per heavy atom. The molecule has 0 saturated carbocycles. The highest BCUT2D eigenvalue weighted by Crippen LogP contribution is 2.36. The molecule has 0 aliphatic heterocycles. The first kappa shape index (κ1) is 15.1. The summed E-state index contributed by atoms with van der Waals surface area (Å²) in [5.41, 5.74) is 1.64. The fourth-order valence-electron chi connectivity index (χ4n) is 2.14. The van der Waals surface area contributed by atoms with Gasteiger partial charge in [0.05, 0.1) is 5.56 Å². The maximum absolute atomic E-state index is 11.8. The van der Waals surface area contributed by atoms with E-state index in [2.05, 4.69) is 10.2 Å². The lowest BCUT2D eigenvalue weighted by Crippen LogP contribution is -1.96. The summed E-state index contributed by atoms with van der Waals surface area (Å²) >= 11 is 0. The van der Waals surface area contributed by atoms with Gasteiger partial charge in [0.1, 0.15) is 4.90 Å². The molecule has 0 atom stereocenters. The van der Waals surface area contributed by atoms with Crippen molar-refractivity contribution in [2.75, 3.05) is 0 Å². The molecule has 0 bridgehead atoms. The summed E-state index contributed by atoms with van der Waals surface area (Å²) in [6.45, 7) is 5.48. The van der Waals surface area contributed by atoms with Crippen molar-refractivity contribution in [1.29, 1.82) is 0 Å². The lowest BCUT2D eigenvalue weighted by atomic mass is 10.2. The van der Waals surface area contributed by atoms with Gasteiger partial charge in [0.15, 0.2) is 0 Å². The van der Waals surface area contributed by atoms with Gasteiger partial charge in [0.25, 0.3) is 14.9 Å². The molecule has 0 aromatic carbocycles. The van der Waals surface area contributed by atoms with E-state index < -0.39 is 9.05 Å². The molecule has 2 rings (SSSR count). The Balaban J connectivity index is 2.69. The third kappa shape index (κ3) is 2.47. The number of halogens is 1. The quantitative estimate of drug-likeness (QED) is 0.810. The van der Waals surface area contributed by atoms with Gasteiger partial charge in [0, 0.05) is 35.5 Å². The summed E-state index contributed by atoms with van der Waals surface area (Å²) in [5.74, 6) is 0.676. The van der Waals surface area contributed by atoms with Crippen LogP contribution in [0.5, 0.6) is 0 Å². The zero-order valence-electron chi connectivity index (χ0n) is 11.8. The minimum atomic E-state index is -3.89. The summed E-state index contributed by atoms with van der Waals surface area (Å²) in [6.07, 6.45) is 1.52. The topological polar surface area (TPSA) is 78.0 Å². The normalized spacial score (nSPS) is 12.1. The minimum absolute atomic E-state index is 0.0332. The SMILES string of the molecule is CCCc1nnc(-c2c(S(=O)(=O)Cl)c(C)n(C)c2C)o1. The predicted molar refractivity (Wildman–Crippen MR) is 75.2 cm³/mol. The van der Waals surface area contributed by atoms with E-state index in [0.29, 0.717) is 29.3 Å². The molecular weight excluding hydrogens is 302 g/mol. The number of aromatic nitrogens is 3. The Morgan fingerprint density at radius 2 is 1.90 bits per heavy atom. The molecule has 0 unspecified atom stereocenters. The Hall–Kier alpha value is -1.34. The summed E-state index contributed by atoms with van der Waals surface area (Å²) in [5, 5.41) is 7.86. The zero-order chi connectivity index (χ0) is 15.1. The molecule has 0 aliphatic rings. The van der Waals surface area contributed by atoms with Crippen molar-refractivity contribution in [1.82, 2.24) is 14.8 Å². The van der Waals surface area contributed by atoms with Crippen molar-refractivity contribution >= 4 is 19.7 Å². The Bertz CT molecular complexity index is 746. The van der Waals surface area contributed by atoms with Gasteiger partial charge in [-0.15, -0.1) is 10.2 Å². The van der Waals surface area contributed by atoms with Crippen molar-refractivity contribution < 1.29 is 12.8 Å². The molecule has 0 fully saturated rings. The lowest BCUT2D eigenvalue weighted by Gasteiger charge is -1.98. The van der Waals surface area contributed by atoms with Gasteiger partial charge in [-0.1, -0.05) is 6.92 Å². The van der Waals surface area contributed by atoms with E-state index in [0.717, 1.165) is 6.42 Å². The number of rotatable bonds is 4. The highest BCUT2D eigenvalue weighted by atomic mass is 35.7. The fraction of sp³-hybridized carbons (Fsp3) is 0.500. The van der Waals surface area contributed by atoms with Crippen LogP contribution in [0.1, 0.15) is 30.6 Å². The highest BCUT2D eigenvalue weighted by molar-refractivity contribution is 8.13. The molecule has 8 heteroatoms. The molecule has 0 amide bonds. The van der Waals surface area contributed by atoms with Gasteiger partial charge < -0.3 is 8.98 Å². The van der Waals surface area contributed by atoms with Gasteiger partial charge in [-0.2, -0.15) is 0 Å². The van der Waals surface area contributed by atoms with Crippen molar-refractivity contribution in [3.8, 4) is 11.5 Å². The smallest absolute Gasteiger partial charge is 0.263 e. The molecule has 0 radical (unpaired) electrons. The first-order chi connectivity index (χ1) is 9.27. The van der Waals surface area contributed by atoms with Crippen LogP contribution in [0.3, 0.4) is 0 Å². The first-order valence-electron chi connectivity index (χ1n) is 6.20. The van der Waals surface area contributed by atoms with Gasteiger partial charge in [0.2, 0.25) is 5.89 Å². The van der Waals surface area contributed by atoms with Crippen LogP contribution in [-0.4, -0.2) is 23.2 Å². The fourth-order valence-corrected chi connectivity index (χ4v) is 3.67. The second kappa shape index (κ2) is 5.21. The third-order valence-electron chi connectivity index (χ3n) is 3.31. The average Bonchev–Trinajstić information content (AvgIpc) is 2.88. The van der Waals surface area contributed by atoms with Gasteiger partial charge in [-0.05, 0) is 20.3 Å². The molecule has 0 N–H and O–H groups in total. The molecule has 2 heterocycles. The zero-order valence-corrected chi connectivity index (χ0v) is 13.3. The summed E-state index contributed by atoms with van der Waals surface area (Å²) in [7, 11) is 3.41. The molecule has 0 spiro atoms. The van der Waals surface area contributed by atoms with Crippen LogP contribution in [0.2, 0.25) is 0 Å². The molecule has 2 aromatic heterocycles. The van der Waals surface area contributed by atoms with Crippen LogP contribution in [0.15, 0.2) is 9.31 Å². The van der Waals surface area contributed by atoms with Gasteiger partial charge in [-0.25, -0.2) is 8.42 Å². The molecule has 6 nitrogen and oxygen atoms in total. The van der Waals surface area contributed by atoms with Crippen LogP contribution in [-0.2, 0) is 22.5 Å². The predicted octanol–water partition coefficient (Wildman–Crippen LogP) is 2.57. The van der Waals surface area contributed by atoms with Crippen molar-refractivity contribution in [3.05, 3.63) is 17.3 Å². The van der Waals surface area contributed by atoms with E-state index in [9.17, 15) is 8.42 Å². The number of hydrogen-bond acceptors (Lipinski definition) is 5. The second-order valence-electron chi connectivity index (χ2n) is 4.62. The Morgan fingerprint density at radius 3 is 2.45 bits per heavy atom. The second-order valence-corrected chi connectivity index (χ2v) is 7.13. The standard InChI is InChI=1S/C12H16ClN3O3S/c1-5-6-9-14-15-12(19-9)10-7(2)16(4)8(3)11(10)20(13,17)18/h5-6H2,1-4H3. The van der Waals surface area contributed by atoms with E-state index in [1.807, 2.05) is 6.92 Å². The molecule has 0 saturated heterocycles. The van der Waals surface area contributed by atoms with Crippen LogP contribution in [0, 0.1) is 13.8 Å². The van der Waals surface area contributed by atoms with E-state index in [1.54, 1.807) is 25.5 Å². The summed E-state index contributed by atoms with van der Waals surface area (Å²) in [6, 6.07) is 0. The highest BCUT2D eigenvalue weighted by Gasteiger charge is 2.29. The number of hydrogen-bond donors (Lipinski definition) is 0. The average molecular weight is 318 g/mol. The van der Waals surface area contributed by atoms with E-state index >= 15 is 0 Å². The van der Waals surface area contributed by atoms with E-state index in [4.69, 9.17) is 15.1 Å². The molecule has 2 aromatic rings. The maximum atomic E-state index is 11.8. The van der Waals surface area contributed by atoms with E-state index in [-0.39, 0.29) is 10.8 Å². The van der Waals surface area contributed by atoms with Crippen LogP contribution in [0.4, 0.5) is 0 Å². The Labute approximate surface area is 122 Å². The van der Waals surface area contributed by atoms with Crippen molar-refractivity contribution in [3.63, 3.8) is 0 Å². The van der Waals surface area contributed by atoms with Gasteiger partial charge in [-0.3, -0.25) is 0 Å². The molecule has 20 heavy (non-hydrogen) atoms. The number of aryl methyl sites for hydroxylation is 1. The van der Waals surface area contributed by atoms with Crippen LogP contribution >= 0.6 is 10.7 Å². The van der Waals surface area contributed by atoms with Crippen molar-refractivity contribution in [2.24, 2.45) is 7.05 Å². The monoisotopic (exact) mass is 317 g/mol. The number of nitrogens with zero attached hydrogens (tertiary/aromatic N) is 3. The molecule has 0 aliphatic carbocycles. The Kier molecular flexibility index (Phi) is 3.93. The third-order valence-corrected chi connectivity index (χ3v) is 4.76. The van der Waals surface area contributed by atoms with E-state index in [1.165, 1.54) is 0 Å². The largest absolute Gasteiger partial charge is 0.421 e. The van der Waals surface area contributed by atoms with Crippen LogP contribution in [0.25, 0.3) is 11.5 Å². The summed E-state index contributed by atoms with van der Waals surface area (Å²) in [4.78, 5) is 0.0332. The minimum Gasteiger partial charge on any atom is -0.421 e. The lowest BCUT2D eigenvalue weighted by molar-refractivity contribution is 0.501. The van der Waals surface area contributed by atoms with Crippen molar-refractivity contribution in [2.45, 2.75) is 38.5 Å². The first-order valence-corrected chi connectivity index (χ1v) is 8.51. The van der Waals surface area contributed by atoms with Crippen LogP contribution < -0.4 is 0 Å². The maximum Gasteiger partial charge on any atom is 0.263 e. The van der Waals surface area contributed by atoms with Gasteiger partial charge >= 0.3 is 0 Å². The molecular formula is C12H16ClN3O3S.